The van der Waals surface area contributed by atoms with E-state index in [1.807, 2.05) is 18.7 Å². The van der Waals surface area contributed by atoms with E-state index < -0.39 is 0 Å². The van der Waals surface area contributed by atoms with Crippen molar-refractivity contribution >= 4 is 0 Å². The van der Waals surface area contributed by atoms with Crippen LogP contribution in [0.1, 0.15) is 32.2 Å². The zero-order valence-electron chi connectivity index (χ0n) is 8.68. The summed E-state index contributed by atoms with van der Waals surface area (Å²) < 4.78 is 1.97. The molecular weight excluding hydrogens is 148 g/mol. The van der Waals surface area contributed by atoms with Crippen LogP contribution in [-0.4, -0.2) is 9.78 Å². The van der Waals surface area contributed by atoms with Crippen LogP contribution in [0.2, 0.25) is 0 Å². The van der Waals surface area contributed by atoms with E-state index in [1.165, 1.54) is 5.69 Å². The first-order chi connectivity index (χ1) is 5.38. The molecule has 0 aromatic carbocycles. The van der Waals surface area contributed by atoms with Crippen LogP contribution in [0.5, 0.6) is 0 Å². The first-order valence-electron chi connectivity index (χ1n) is 4.38. The Kier molecular flexibility index (Phi) is 2.27. The summed E-state index contributed by atoms with van der Waals surface area (Å²) in [7, 11) is 2.01. The smallest absolute Gasteiger partial charge is 0.0596 e. The highest BCUT2D eigenvalue weighted by molar-refractivity contribution is 5.09. The molecule has 0 fully saturated rings. The Bertz CT molecular complexity index is 266. The molecule has 0 unspecified atom stereocenters. The Morgan fingerprint density at radius 3 is 2.33 bits per heavy atom. The summed E-state index contributed by atoms with van der Waals surface area (Å²) in [4.78, 5) is 0. The van der Waals surface area contributed by atoms with E-state index >= 15 is 0 Å². The zero-order valence-corrected chi connectivity index (χ0v) is 8.68. The maximum absolute atomic E-state index is 4.31. The topological polar surface area (TPSA) is 17.8 Å². The predicted molar refractivity (Wildman–Crippen MR) is 51.1 cm³/mol. The lowest BCUT2D eigenvalue weighted by molar-refractivity contribution is 0.398. The maximum atomic E-state index is 4.31. The number of rotatable bonds is 1. The molecule has 1 aromatic heterocycles. The van der Waals surface area contributed by atoms with Gasteiger partial charge in [0.15, 0.2) is 0 Å². The van der Waals surface area contributed by atoms with Gasteiger partial charge in [0, 0.05) is 12.7 Å². The minimum absolute atomic E-state index is 0.347. The Morgan fingerprint density at radius 2 is 2.00 bits per heavy atom. The van der Waals surface area contributed by atoms with Crippen molar-refractivity contribution in [3.05, 3.63) is 17.5 Å². The van der Waals surface area contributed by atoms with Crippen LogP contribution in [0.25, 0.3) is 0 Å². The Hall–Kier alpha value is -0.790. The number of aryl methyl sites for hydroxylation is 2. The third-order valence-corrected chi connectivity index (χ3v) is 1.81. The van der Waals surface area contributed by atoms with Crippen molar-refractivity contribution in [2.75, 3.05) is 0 Å². The molecule has 12 heavy (non-hydrogen) atoms. The van der Waals surface area contributed by atoms with Gasteiger partial charge in [0.2, 0.25) is 0 Å². The summed E-state index contributed by atoms with van der Waals surface area (Å²) in [6.07, 6.45) is 1.09. The minimum atomic E-state index is 0.347. The SMILES string of the molecule is Cc1cc(CC(C)(C)C)n(C)n1. The summed E-state index contributed by atoms with van der Waals surface area (Å²) >= 11 is 0. The fourth-order valence-corrected chi connectivity index (χ4v) is 1.37. The molecule has 2 heteroatoms. The fourth-order valence-electron chi connectivity index (χ4n) is 1.37. The van der Waals surface area contributed by atoms with Gasteiger partial charge >= 0.3 is 0 Å². The number of hydrogen-bond acceptors (Lipinski definition) is 1. The summed E-state index contributed by atoms with van der Waals surface area (Å²) in [6.45, 7) is 8.77. The normalized spacial score (nSPS) is 12.1. The van der Waals surface area contributed by atoms with Gasteiger partial charge in [-0.2, -0.15) is 5.10 Å². The van der Waals surface area contributed by atoms with Gasteiger partial charge in [0.25, 0.3) is 0 Å². The lowest BCUT2D eigenvalue weighted by Gasteiger charge is -2.17. The van der Waals surface area contributed by atoms with E-state index in [-0.39, 0.29) is 0 Å². The van der Waals surface area contributed by atoms with Gasteiger partial charge in [0.05, 0.1) is 5.69 Å². The predicted octanol–water partition coefficient (Wildman–Crippen LogP) is 2.32. The fraction of sp³-hybridized carbons (Fsp3) is 0.700. The van der Waals surface area contributed by atoms with E-state index in [0.29, 0.717) is 5.41 Å². The minimum Gasteiger partial charge on any atom is -0.272 e. The second kappa shape index (κ2) is 2.92. The van der Waals surface area contributed by atoms with E-state index in [2.05, 4.69) is 31.9 Å². The second-order valence-electron chi connectivity index (χ2n) is 4.64. The van der Waals surface area contributed by atoms with E-state index in [9.17, 15) is 0 Å². The van der Waals surface area contributed by atoms with E-state index in [0.717, 1.165) is 12.1 Å². The lowest BCUT2D eigenvalue weighted by atomic mass is 9.90. The molecule has 1 aromatic rings. The molecule has 0 aliphatic rings. The molecule has 0 atom stereocenters. The molecule has 0 spiro atoms. The summed E-state index contributed by atoms with van der Waals surface area (Å²) in [5, 5.41) is 4.31. The first kappa shape index (κ1) is 9.30. The average Bonchev–Trinajstić information content (AvgIpc) is 2.06. The van der Waals surface area contributed by atoms with Crippen molar-refractivity contribution in [2.45, 2.75) is 34.1 Å². The molecule has 0 radical (unpaired) electrons. The average molecular weight is 166 g/mol. The van der Waals surface area contributed by atoms with Crippen molar-refractivity contribution in [3.8, 4) is 0 Å². The highest BCUT2D eigenvalue weighted by Crippen LogP contribution is 2.20. The van der Waals surface area contributed by atoms with Crippen molar-refractivity contribution in [2.24, 2.45) is 12.5 Å². The largest absolute Gasteiger partial charge is 0.272 e. The molecule has 0 N–H and O–H groups in total. The van der Waals surface area contributed by atoms with E-state index in [4.69, 9.17) is 0 Å². The molecule has 2 nitrogen and oxygen atoms in total. The van der Waals surface area contributed by atoms with Gasteiger partial charge in [-0.3, -0.25) is 4.68 Å². The summed E-state index contributed by atoms with van der Waals surface area (Å²) in [6, 6.07) is 2.16. The Morgan fingerprint density at radius 1 is 1.42 bits per heavy atom. The first-order valence-corrected chi connectivity index (χ1v) is 4.38. The highest BCUT2D eigenvalue weighted by Gasteiger charge is 2.13. The van der Waals surface area contributed by atoms with E-state index in [1.54, 1.807) is 0 Å². The zero-order chi connectivity index (χ0) is 9.35. The second-order valence-corrected chi connectivity index (χ2v) is 4.64. The van der Waals surface area contributed by atoms with Crippen molar-refractivity contribution in [1.82, 2.24) is 9.78 Å². The maximum Gasteiger partial charge on any atom is 0.0596 e. The van der Waals surface area contributed by atoms with Gasteiger partial charge < -0.3 is 0 Å². The van der Waals surface area contributed by atoms with Crippen molar-refractivity contribution in [1.29, 1.82) is 0 Å². The van der Waals surface area contributed by atoms with Crippen LogP contribution in [0.4, 0.5) is 0 Å². The van der Waals surface area contributed by atoms with Gasteiger partial charge in [-0.05, 0) is 24.8 Å². The number of aromatic nitrogens is 2. The van der Waals surface area contributed by atoms with Gasteiger partial charge in [-0.1, -0.05) is 20.8 Å². The van der Waals surface area contributed by atoms with Crippen LogP contribution in [0.15, 0.2) is 6.07 Å². The molecular formula is C10H18N2. The van der Waals surface area contributed by atoms with Crippen LogP contribution in [-0.2, 0) is 13.5 Å². The van der Waals surface area contributed by atoms with Crippen molar-refractivity contribution < 1.29 is 0 Å². The Labute approximate surface area is 74.6 Å². The van der Waals surface area contributed by atoms with Crippen LogP contribution in [0.3, 0.4) is 0 Å². The highest BCUT2D eigenvalue weighted by atomic mass is 15.3. The molecule has 1 rings (SSSR count). The number of hydrogen-bond donors (Lipinski definition) is 0. The van der Waals surface area contributed by atoms with Crippen LogP contribution in [0, 0.1) is 12.3 Å². The number of nitrogens with zero attached hydrogens (tertiary/aromatic N) is 2. The van der Waals surface area contributed by atoms with Crippen LogP contribution >= 0.6 is 0 Å². The molecule has 0 aliphatic carbocycles. The summed E-state index contributed by atoms with van der Waals surface area (Å²) in [5.74, 6) is 0. The monoisotopic (exact) mass is 166 g/mol. The quantitative estimate of drug-likeness (QED) is 0.626. The standard InChI is InChI=1S/C10H18N2/c1-8-6-9(12(5)11-8)7-10(2,3)4/h6H,7H2,1-5H3. The molecule has 0 bridgehead atoms. The van der Waals surface area contributed by atoms with Gasteiger partial charge in [-0.25, -0.2) is 0 Å². The molecule has 0 amide bonds. The lowest BCUT2D eigenvalue weighted by Crippen LogP contribution is -2.12. The molecule has 1 heterocycles. The molecule has 68 valence electrons. The Balaban J connectivity index is 2.82. The third kappa shape index (κ3) is 2.36. The molecule has 0 aliphatic heterocycles. The van der Waals surface area contributed by atoms with Crippen LogP contribution < -0.4 is 0 Å². The molecule has 0 saturated carbocycles. The van der Waals surface area contributed by atoms with Crippen molar-refractivity contribution in [3.63, 3.8) is 0 Å². The van der Waals surface area contributed by atoms with Gasteiger partial charge in [-0.15, -0.1) is 0 Å². The van der Waals surface area contributed by atoms with Gasteiger partial charge in [0.1, 0.15) is 0 Å². The molecule has 0 saturated heterocycles. The summed E-state index contributed by atoms with van der Waals surface area (Å²) in [5.41, 5.74) is 2.78. The third-order valence-electron chi connectivity index (χ3n) is 1.81.